The molecule has 1 heterocycles. The zero-order valence-corrected chi connectivity index (χ0v) is 15.5. The average molecular weight is 423 g/mol. The monoisotopic (exact) mass is 423 g/mol. The zero-order valence-electron chi connectivity index (χ0n) is 12.4. The van der Waals surface area contributed by atoms with Crippen LogP contribution in [-0.4, -0.2) is 46.5 Å². The number of para-hydroxylation sites is 1. The van der Waals surface area contributed by atoms with Gasteiger partial charge in [-0.15, -0.1) is 24.0 Å². The smallest absolute Gasteiger partial charge is 0.198 e. The van der Waals surface area contributed by atoms with E-state index in [1.165, 1.54) is 17.5 Å². The summed E-state index contributed by atoms with van der Waals surface area (Å²) in [7, 11) is -1.14. The van der Waals surface area contributed by atoms with E-state index in [0.29, 0.717) is 13.0 Å². The Bertz CT molecular complexity index is 602. The first-order valence-electron chi connectivity index (χ1n) is 6.75. The summed E-state index contributed by atoms with van der Waals surface area (Å²) < 4.78 is 22.2. The lowest BCUT2D eigenvalue weighted by atomic mass is 10.2. The number of nitrogens with zero attached hydrogens (tertiary/aromatic N) is 2. The first-order chi connectivity index (χ1) is 9.51. The van der Waals surface area contributed by atoms with Crippen LogP contribution < -0.4 is 10.2 Å². The molecular formula is C14H22IN3O2S. The second-order valence-electron chi connectivity index (χ2n) is 4.99. The zero-order chi connectivity index (χ0) is 14.6. The molecule has 0 amide bonds. The number of rotatable bonds is 4. The Morgan fingerprint density at radius 2 is 2.10 bits per heavy atom. The molecule has 118 valence electrons. The first kappa shape index (κ1) is 18.2. The lowest BCUT2D eigenvalue weighted by Crippen LogP contribution is -2.41. The van der Waals surface area contributed by atoms with Gasteiger partial charge < -0.3 is 10.2 Å². The molecule has 0 atom stereocenters. The topological polar surface area (TPSA) is 61.8 Å². The Morgan fingerprint density at radius 3 is 2.76 bits per heavy atom. The molecule has 1 aromatic carbocycles. The predicted molar refractivity (Wildman–Crippen MR) is 98.6 cm³/mol. The fourth-order valence-electron chi connectivity index (χ4n) is 2.39. The van der Waals surface area contributed by atoms with Crippen molar-refractivity contribution < 1.29 is 8.42 Å². The van der Waals surface area contributed by atoms with Crippen LogP contribution >= 0.6 is 24.0 Å². The van der Waals surface area contributed by atoms with Crippen LogP contribution in [0.2, 0.25) is 0 Å². The second-order valence-corrected chi connectivity index (χ2v) is 7.25. The van der Waals surface area contributed by atoms with Crippen LogP contribution in [-0.2, 0) is 16.3 Å². The number of halogens is 1. The van der Waals surface area contributed by atoms with Gasteiger partial charge >= 0.3 is 0 Å². The molecule has 0 aliphatic carbocycles. The molecule has 1 aromatic rings. The van der Waals surface area contributed by atoms with Gasteiger partial charge in [0.25, 0.3) is 0 Å². The van der Waals surface area contributed by atoms with E-state index in [1.54, 1.807) is 7.05 Å². The Kier molecular flexibility index (Phi) is 6.92. The van der Waals surface area contributed by atoms with Crippen LogP contribution in [0.1, 0.15) is 12.0 Å². The van der Waals surface area contributed by atoms with Gasteiger partial charge in [0, 0.05) is 32.1 Å². The highest BCUT2D eigenvalue weighted by atomic mass is 127. The molecule has 0 fully saturated rings. The fourth-order valence-corrected chi connectivity index (χ4v) is 3.06. The summed E-state index contributed by atoms with van der Waals surface area (Å²) in [6.45, 7) is 1.52. The van der Waals surface area contributed by atoms with Gasteiger partial charge in [0.1, 0.15) is 9.84 Å². The van der Waals surface area contributed by atoms with Crippen molar-refractivity contribution in [2.75, 3.05) is 37.0 Å². The van der Waals surface area contributed by atoms with E-state index < -0.39 is 9.84 Å². The molecule has 0 bridgehead atoms. The number of hydrogen-bond donors (Lipinski definition) is 1. The van der Waals surface area contributed by atoms with E-state index in [9.17, 15) is 8.42 Å². The summed E-state index contributed by atoms with van der Waals surface area (Å²) >= 11 is 0. The Hall–Kier alpha value is -0.830. The molecule has 21 heavy (non-hydrogen) atoms. The highest BCUT2D eigenvalue weighted by molar-refractivity contribution is 14.0. The lowest BCUT2D eigenvalue weighted by molar-refractivity contribution is 0.598. The van der Waals surface area contributed by atoms with Crippen LogP contribution in [0.5, 0.6) is 0 Å². The van der Waals surface area contributed by atoms with Crippen molar-refractivity contribution in [3.63, 3.8) is 0 Å². The average Bonchev–Trinajstić information content (AvgIpc) is 2.82. The molecule has 0 saturated carbocycles. The van der Waals surface area contributed by atoms with E-state index in [-0.39, 0.29) is 29.7 Å². The predicted octanol–water partition coefficient (Wildman–Crippen LogP) is 1.68. The summed E-state index contributed by atoms with van der Waals surface area (Å²) in [5, 5.41) is 3.24. The van der Waals surface area contributed by atoms with Gasteiger partial charge in [0.05, 0.1) is 5.75 Å². The minimum absolute atomic E-state index is 0. The molecule has 0 spiro atoms. The Labute approximate surface area is 143 Å². The molecule has 5 nitrogen and oxygen atoms in total. The standard InChI is InChI=1S/C14H21N3O2S.HI/c1-15-14(16-9-5-11-20(2,18)19)17-10-8-12-6-3-4-7-13(12)17;/h3-4,6-7H,5,8-11H2,1-2H3,(H,15,16);1H. The molecule has 1 N–H and O–H groups in total. The number of hydrogen-bond acceptors (Lipinski definition) is 3. The molecule has 2 rings (SSSR count). The largest absolute Gasteiger partial charge is 0.356 e. The minimum atomic E-state index is -2.89. The molecule has 0 radical (unpaired) electrons. The lowest BCUT2D eigenvalue weighted by Gasteiger charge is -2.22. The molecule has 1 aliphatic rings. The molecular weight excluding hydrogens is 401 g/mol. The van der Waals surface area contributed by atoms with Gasteiger partial charge in [-0.25, -0.2) is 8.42 Å². The van der Waals surface area contributed by atoms with E-state index in [0.717, 1.165) is 18.9 Å². The quantitative estimate of drug-likeness (QED) is 0.347. The maximum atomic E-state index is 11.1. The van der Waals surface area contributed by atoms with Crippen LogP contribution in [0.3, 0.4) is 0 Å². The SMILES string of the molecule is CN=C(NCCCS(C)(=O)=O)N1CCc2ccccc21.I. The van der Waals surface area contributed by atoms with Crippen molar-refractivity contribution in [3.05, 3.63) is 29.8 Å². The number of nitrogens with one attached hydrogen (secondary N) is 1. The van der Waals surface area contributed by atoms with Crippen LogP contribution in [0.4, 0.5) is 5.69 Å². The third-order valence-corrected chi connectivity index (χ3v) is 4.36. The summed E-state index contributed by atoms with van der Waals surface area (Å²) in [5.74, 6) is 1.01. The summed E-state index contributed by atoms with van der Waals surface area (Å²) in [4.78, 5) is 6.43. The van der Waals surface area contributed by atoms with Crippen LogP contribution in [0, 0.1) is 0 Å². The van der Waals surface area contributed by atoms with Crippen molar-refractivity contribution in [1.29, 1.82) is 0 Å². The normalized spacial score (nSPS) is 14.6. The Morgan fingerprint density at radius 1 is 1.38 bits per heavy atom. The van der Waals surface area contributed by atoms with Crippen molar-refractivity contribution >= 4 is 45.5 Å². The van der Waals surface area contributed by atoms with Crippen molar-refractivity contribution in [2.24, 2.45) is 4.99 Å². The third-order valence-electron chi connectivity index (χ3n) is 3.33. The summed E-state index contributed by atoms with van der Waals surface area (Å²) in [5.41, 5.74) is 2.51. The maximum absolute atomic E-state index is 11.1. The number of benzene rings is 1. The number of fused-ring (bicyclic) bond motifs is 1. The van der Waals surface area contributed by atoms with Gasteiger partial charge in [0.15, 0.2) is 5.96 Å². The van der Waals surface area contributed by atoms with E-state index in [4.69, 9.17) is 0 Å². The highest BCUT2D eigenvalue weighted by Gasteiger charge is 2.22. The van der Waals surface area contributed by atoms with Gasteiger partial charge in [0.2, 0.25) is 0 Å². The van der Waals surface area contributed by atoms with Crippen LogP contribution in [0.15, 0.2) is 29.3 Å². The van der Waals surface area contributed by atoms with Gasteiger partial charge in [-0.2, -0.15) is 0 Å². The number of guanidine groups is 1. The molecule has 1 aliphatic heterocycles. The van der Waals surface area contributed by atoms with Crippen molar-refractivity contribution in [2.45, 2.75) is 12.8 Å². The van der Waals surface area contributed by atoms with Crippen molar-refractivity contribution in [3.8, 4) is 0 Å². The number of aliphatic imine (C=N–C) groups is 1. The molecule has 0 aromatic heterocycles. The highest BCUT2D eigenvalue weighted by Crippen LogP contribution is 2.27. The second kappa shape index (κ2) is 7.98. The van der Waals surface area contributed by atoms with Crippen molar-refractivity contribution in [1.82, 2.24) is 5.32 Å². The minimum Gasteiger partial charge on any atom is -0.356 e. The Balaban J connectivity index is 0.00000220. The van der Waals surface area contributed by atoms with Gasteiger partial charge in [-0.3, -0.25) is 4.99 Å². The van der Waals surface area contributed by atoms with E-state index in [2.05, 4.69) is 27.3 Å². The van der Waals surface area contributed by atoms with Gasteiger partial charge in [-0.05, 0) is 24.5 Å². The summed E-state index contributed by atoms with van der Waals surface area (Å²) in [6, 6.07) is 8.29. The van der Waals surface area contributed by atoms with Gasteiger partial charge in [-0.1, -0.05) is 18.2 Å². The number of anilines is 1. The van der Waals surface area contributed by atoms with Crippen LogP contribution in [0.25, 0.3) is 0 Å². The van der Waals surface area contributed by atoms with E-state index in [1.807, 2.05) is 12.1 Å². The fraction of sp³-hybridized carbons (Fsp3) is 0.500. The molecule has 0 saturated heterocycles. The van der Waals surface area contributed by atoms with E-state index >= 15 is 0 Å². The molecule has 7 heteroatoms. The summed E-state index contributed by atoms with van der Waals surface area (Å²) in [6.07, 6.45) is 2.87. The third kappa shape index (κ3) is 5.14. The molecule has 0 unspecified atom stereocenters. The maximum Gasteiger partial charge on any atom is 0.198 e. The first-order valence-corrected chi connectivity index (χ1v) is 8.81. The number of sulfone groups is 1.